The van der Waals surface area contributed by atoms with Gasteiger partial charge in [-0.25, -0.2) is 0 Å². The highest BCUT2D eigenvalue weighted by atomic mass is 35.5. The van der Waals surface area contributed by atoms with E-state index in [1.807, 2.05) is 0 Å². The molecule has 0 atom stereocenters. The van der Waals surface area contributed by atoms with Crippen molar-refractivity contribution in [2.24, 2.45) is 0 Å². The van der Waals surface area contributed by atoms with Crippen LogP contribution in [0.15, 0.2) is 0 Å². The van der Waals surface area contributed by atoms with Crippen LogP contribution in [-0.4, -0.2) is 54.8 Å². The van der Waals surface area contributed by atoms with Gasteiger partial charge >= 0.3 is 0 Å². The van der Waals surface area contributed by atoms with E-state index in [1.165, 1.54) is 0 Å². The molecule has 1 aliphatic rings. The number of alkyl halides is 1. The summed E-state index contributed by atoms with van der Waals surface area (Å²) in [4.78, 5) is 2.32. The van der Waals surface area contributed by atoms with Crippen molar-refractivity contribution >= 4 is 11.6 Å². The van der Waals surface area contributed by atoms with E-state index in [4.69, 9.17) is 16.3 Å². The molecule has 0 amide bonds. The summed E-state index contributed by atoms with van der Waals surface area (Å²) in [5.41, 5.74) is 0. The minimum Gasteiger partial charge on any atom is -0.393 e. The molecule has 0 unspecified atom stereocenters. The summed E-state index contributed by atoms with van der Waals surface area (Å²) < 4.78 is 5.28. The first-order valence-corrected chi connectivity index (χ1v) is 5.40. The molecule has 1 saturated heterocycles. The molecule has 1 rings (SSSR count). The molecule has 0 saturated carbocycles. The molecule has 0 aliphatic carbocycles. The Kier molecular flexibility index (Phi) is 5.71. The first-order chi connectivity index (χ1) is 6.33. The molecule has 1 N–H and O–H groups in total. The number of rotatable bonds is 5. The summed E-state index contributed by atoms with van der Waals surface area (Å²) in [7, 11) is 0. The smallest absolute Gasteiger partial charge is 0.0602 e. The summed E-state index contributed by atoms with van der Waals surface area (Å²) in [6.45, 7) is 4.33. The Morgan fingerprint density at radius 3 is 2.62 bits per heavy atom. The zero-order valence-electron chi connectivity index (χ0n) is 7.91. The van der Waals surface area contributed by atoms with Gasteiger partial charge in [-0.3, -0.25) is 0 Å². The average Bonchev–Trinajstić information content (AvgIpc) is 2.15. The zero-order chi connectivity index (χ0) is 9.52. The lowest BCUT2D eigenvalue weighted by Crippen LogP contribution is -2.37. The van der Waals surface area contributed by atoms with E-state index < -0.39 is 0 Å². The SMILES string of the molecule is OC1CCN(CCOCCCl)CC1. The second-order valence-electron chi connectivity index (χ2n) is 3.37. The van der Waals surface area contributed by atoms with E-state index in [0.29, 0.717) is 12.5 Å². The predicted molar refractivity (Wildman–Crippen MR) is 53.2 cm³/mol. The van der Waals surface area contributed by atoms with Crippen LogP contribution in [0.5, 0.6) is 0 Å². The van der Waals surface area contributed by atoms with Gasteiger partial charge in [0, 0.05) is 25.5 Å². The number of piperidine rings is 1. The van der Waals surface area contributed by atoms with Crippen molar-refractivity contribution in [1.82, 2.24) is 4.90 Å². The van der Waals surface area contributed by atoms with Crippen LogP contribution < -0.4 is 0 Å². The molecule has 4 heteroatoms. The lowest BCUT2D eigenvalue weighted by atomic mass is 10.1. The van der Waals surface area contributed by atoms with E-state index in [-0.39, 0.29) is 6.10 Å². The van der Waals surface area contributed by atoms with Crippen molar-refractivity contribution in [2.75, 3.05) is 38.7 Å². The van der Waals surface area contributed by atoms with Crippen LogP contribution >= 0.6 is 11.6 Å². The molecule has 78 valence electrons. The third-order valence-electron chi connectivity index (χ3n) is 2.33. The van der Waals surface area contributed by atoms with Crippen molar-refractivity contribution in [3.05, 3.63) is 0 Å². The van der Waals surface area contributed by atoms with Gasteiger partial charge in [-0.1, -0.05) is 0 Å². The fourth-order valence-corrected chi connectivity index (χ4v) is 1.60. The maximum atomic E-state index is 9.26. The number of hydrogen-bond donors (Lipinski definition) is 1. The molecule has 1 heterocycles. The molecule has 0 aromatic rings. The molecule has 1 fully saturated rings. The van der Waals surface area contributed by atoms with Gasteiger partial charge in [0.05, 0.1) is 19.3 Å². The van der Waals surface area contributed by atoms with Gasteiger partial charge in [0.2, 0.25) is 0 Å². The topological polar surface area (TPSA) is 32.7 Å². The quantitative estimate of drug-likeness (QED) is 0.532. The van der Waals surface area contributed by atoms with Crippen LogP contribution in [0.1, 0.15) is 12.8 Å². The van der Waals surface area contributed by atoms with Crippen molar-refractivity contribution < 1.29 is 9.84 Å². The molecule has 0 bridgehead atoms. The predicted octanol–water partition coefficient (Wildman–Crippen LogP) is 0.698. The van der Waals surface area contributed by atoms with E-state index in [9.17, 15) is 5.11 Å². The lowest BCUT2D eigenvalue weighted by Gasteiger charge is -2.29. The Hall–Kier alpha value is 0.170. The van der Waals surface area contributed by atoms with E-state index >= 15 is 0 Å². The van der Waals surface area contributed by atoms with E-state index in [0.717, 1.165) is 39.1 Å². The summed E-state index contributed by atoms with van der Waals surface area (Å²) in [6.07, 6.45) is 1.71. The largest absolute Gasteiger partial charge is 0.393 e. The molecule has 0 aromatic carbocycles. The van der Waals surface area contributed by atoms with Crippen molar-refractivity contribution in [1.29, 1.82) is 0 Å². The molecular weight excluding hydrogens is 190 g/mol. The third-order valence-corrected chi connectivity index (χ3v) is 2.48. The number of halogens is 1. The lowest BCUT2D eigenvalue weighted by molar-refractivity contribution is 0.0590. The summed E-state index contributed by atoms with van der Waals surface area (Å²) in [6, 6.07) is 0. The first kappa shape index (κ1) is 11.2. The number of ether oxygens (including phenoxy) is 1. The third kappa shape index (κ3) is 4.81. The monoisotopic (exact) mass is 207 g/mol. The van der Waals surface area contributed by atoms with E-state index in [1.54, 1.807) is 0 Å². The van der Waals surface area contributed by atoms with E-state index in [2.05, 4.69) is 4.90 Å². The fourth-order valence-electron chi connectivity index (χ4n) is 1.49. The Labute approximate surface area is 84.6 Å². The van der Waals surface area contributed by atoms with Gasteiger partial charge in [0.15, 0.2) is 0 Å². The van der Waals surface area contributed by atoms with Gasteiger partial charge in [-0.05, 0) is 12.8 Å². The zero-order valence-corrected chi connectivity index (χ0v) is 8.67. The van der Waals surface area contributed by atoms with Crippen molar-refractivity contribution in [2.45, 2.75) is 18.9 Å². The maximum Gasteiger partial charge on any atom is 0.0602 e. The molecule has 1 aliphatic heterocycles. The van der Waals surface area contributed by atoms with Crippen molar-refractivity contribution in [3.63, 3.8) is 0 Å². The second-order valence-corrected chi connectivity index (χ2v) is 3.75. The van der Waals surface area contributed by atoms with Crippen LogP contribution in [0.25, 0.3) is 0 Å². The minimum atomic E-state index is -0.0833. The number of likely N-dealkylation sites (tertiary alicyclic amines) is 1. The standard InChI is InChI=1S/C9H18ClNO2/c10-3-7-13-8-6-11-4-1-9(12)2-5-11/h9,12H,1-8H2. The molecule has 3 nitrogen and oxygen atoms in total. The first-order valence-electron chi connectivity index (χ1n) is 4.87. The average molecular weight is 208 g/mol. The van der Waals surface area contributed by atoms with Crippen LogP contribution in [0.4, 0.5) is 0 Å². The van der Waals surface area contributed by atoms with Gasteiger partial charge in [0.1, 0.15) is 0 Å². The Morgan fingerprint density at radius 1 is 1.31 bits per heavy atom. The second kappa shape index (κ2) is 6.60. The normalized spacial score (nSPS) is 20.8. The number of aliphatic hydroxyl groups excluding tert-OH is 1. The Bertz CT molecular complexity index is 127. The Balaban J connectivity index is 1.96. The molecule has 0 spiro atoms. The van der Waals surface area contributed by atoms with Gasteiger partial charge < -0.3 is 14.7 Å². The number of hydrogen-bond acceptors (Lipinski definition) is 3. The minimum absolute atomic E-state index is 0.0833. The van der Waals surface area contributed by atoms with Crippen LogP contribution in [0.2, 0.25) is 0 Å². The fraction of sp³-hybridized carbons (Fsp3) is 1.00. The summed E-state index contributed by atoms with van der Waals surface area (Å²) in [5, 5.41) is 9.26. The highest BCUT2D eigenvalue weighted by molar-refractivity contribution is 6.17. The van der Waals surface area contributed by atoms with Crippen molar-refractivity contribution in [3.8, 4) is 0 Å². The highest BCUT2D eigenvalue weighted by Crippen LogP contribution is 2.08. The number of nitrogens with zero attached hydrogens (tertiary/aromatic N) is 1. The molecule has 0 radical (unpaired) electrons. The molecular formula is C9H18ClNO2. The Morgan fingerprint density at radius 2 is 2.00 bits per heavy atom. The van der Waals surface area contributed by atoms with Crippen LogP contribution in [0, 0.1) is 0 Å². The summed E-state index contributed by atoms with van der Waals surface area (Å²) in [5.74, 6) is 0.568. The molecule has 13 heavy (non-hydrogen) atoms. The van der Waals surface area contributed by atoms with Gasteiger partial charge in [-0.15, -0.1) is 11.6 Å². The van der Waals surface area contributed by atoms with Gasteiger partial charge in [0.25, 0.3) is 0 Å². The van der Waals surface area contributed by atoms with Crippen LogP contribution in [-0.2, 0) is 4.74 Å². The number of aliphatic hydroxyl groups is 1. The highest BCUT2D eigenvalue weighted by Gasteiger charge is 2.15. The van der Waals surface area contributed by atoms with Gasteiger partial charge in [-0.2, -0.15) is 0 Å². The maximum absolute atomic E-state index is 9.26. The summed E-state index contributed by atoms with van der Waals surface area (Å²) >= 11 is 5.47. The van der Waals surface area contributed by atoms with Crippen LogP contribution in [0.3, 0.4) is 0 Å². The molecule has 0 aromatic heterocycles.